The number of fused-ring (bicyclic) bond motifs is 9. The van der Waals surface area contributed by atoms with Gasteiger partial charge in [0, 0.05) is 47.5 Å². The predicted molar refractivity (Wildman–Crippen MR) is 195 cm³/mol. The number of aliphatic hydroxyl groups is 1. The Bertz CT molecular complexity index is 2130. The maximum absolute atomic E-state index is 14.7. The molecule has 2 saturated heterocycles. The molecule has 54 heavy (non-hydrogen) atoms. The van der Waals surface area contributed by atoms with Gasteiger partial charge in [-0.05, 0) is 68.1 Å². The minimum Gasteiger partial charge on any atom is -0.504 e. The Hall–Kier alpha value is -4.41. The lowest BCUT2D eigenvalue weighted by Gasteiger charge is -2.62. The molecule has 0 aliphatic carbocycles. The van der Waals surface area contributed by atoms with Crippen molar-refractivity contribution >= 4 is 23.7 Å². The molecule has 1 spiro atoms. The van der Waals surface area contributed by atoms with E-state index in [0.29, 0.717) is 70.2 Å². The van der Waals surface area contributed by atoms with Gasteiger partial charge < -0.3 is 43.7 Å². The number of rotatable bonds is 3. The minimum atomic E-state index is -1.36. The van der Waals surface area contributed by atoms with E-state index in [4.69, 9.17) is 28.4 Å². The summed E-state index contributed by atoms with van der Waals surface area (Å²) < 4.78 is 35.9. The summed E-state index contributed by atoms with van der Waals surface area (Å²) in [6.07, 6.45) is -0.0282. The number of aliphatic hydroxyl groups excluding tert-OH is 1. The van der Waals surface area contributed by atoms with Crippen LogP contribution in [0.15, 0.2) is 18.2 Å². The highest BCUT2D eigenvalue weighted by molar-refractivity contribution is 7.99. The summed E-state index contributed by atoms with van der Waals surface area (Å²) in [5.41, 5.74) is 4.36. The van der Waals surface area contributed by atoms with Gasteiger partial charge in [0.15, 0.2) is 40.0 Å². The number of phenols is 2. The quantitative estimate of drug-likeness (QED) is 0.226. The Balaban J connectivity index is 1.32. The normalized spacial score (nSPS) is 29.4. The van der Waals surface area contributed by atoms with Gasteiger partial charge in [0.25, 0.3) is 0 Å². The van der Waals surface area contributed by atoms with Crippen molar-refractivity contribution in [1.29, 1.82) is 0 Å². The number of aromatic hydroxyl groups is 2. The Labute approximate surface area is 316 Å². The zero-order valence-corrected chi connectivity index (χ0v) is 31.7. The van der Waals surface area contributed by atoms with Gasteiger partial charge in [0.2, 0.25) is 6.79 Å². The van der Waals surface area contributed by atoms with E-state index in [1.165, 1.54) is 32.9 Å². The van der Waals surface area contributed by atoms with Crippen LogP contribution in [0.25, 0.3) is 0 Å². The third kappa shape index (κ3) is 4.74. The van der Waals surface area contributed by atoms with Gasteiger partial charge in [0.1, 0.15) is 18.6 Å². The molecule has 2 unspecified atom stereocenters. The second-order valence-electron chi connectivity index (χ2n) is 14.9. The van der Waals surface area contributed by atoms with Gasteiger partial charge in [-0.25, -0.2) is 4.79 Å². The monoisotopic (exact) mass is 761 g/mol. The number of phenolic OH excluding ortho intramolecular Hbond substituents is 2. The fourth-order valence-electron chi connectivity index (χ4n) is 10.00. The van der Waals surface area contributed by atoms with Crippen molar-refractivity contribution in [2.75, 3.05) is 47.0 Å². The van der Waals surface area contributed by atoms with Crippen molar-refractivity contribution in [2.45, 2.75) is 74.8 Å². The fourth-order valence-corrected chi connectivity index (χ4v) is 11.7. The van der Waals surface area contributed by atoms with E-state index < -0.39 is 47.1 Å². The molecule has 2 fully saturated rings. The molecule has 3 aromatic carbocycles. The first-order valence-electron chi connectivity index (χ1n) is 18.1. The fraction of sp³-hybridized carbons (Fsp3) is 0.487. The van der Waals surface area contributed by atoms with Crippen LogP contribution >= 0.6 is 11.8 Å². The van der Waals surface area contributed by atoms with E-state index in [-0.39, 0.29) is 42.4 Å². The number of aryl methyl sites for hydroxylation is 1. The van der Waals surface area contributed by atoms with Crippen molar-refractivity contribution in [3.8, 4) is 40.2 Å². The Morgan fingerprint density at radius 2 is 1.80 bits per heavy atom. The molecule has 286 valence electrons. The average molecular weight is 762 g/mol. The second-order valence-corrected chi connectivity index (χ2v) is 16.1. The number of esters is 2. The molecule has 7 aliphatic heterocycles. The number of nitrogens with one attached hydrogen (secondary N) is 1. The number of carbonyl (C=O) groups excluding carboxylic acids is 2. The first kappa shape index (κ1) is 35.3. The van der Waals surface area contributed by atoms with Crippen LogP contribution in [0.4, 0.5) is 0 Å². The summed E-state index contributed by atoms with van der Waals surface area (Å²) in [5, 5.41) is 38.2. The summed E-state index contributed by atoms with van der Waals surface area (Å²) in [4.78, 5) is 31.7. The van der Waals surface area contributed by atoms with Crippen molar-refractivity contribution in [2.24, 2.45) is 0 Å². The van der Waals surface area contributed by atoms with E-state index in [0.717, 1.165) is 16.7 Å². The summed E-state index contributed by atoms with van der Waals surface area (Å²) in [7, 11) is 4.96. The number of hydrogen-bond donors (Lipinski definition) is 4. The molecule has 0 radical (unpaired) electrons. The molecule has 0 amide bonds. The van der Waals surface area contributed by atoms with Gasteiger partial charge in [-0.2, -0.15) is 0 Å². The lowest BCUT2D eigenvalue weighted by atomic mass is 9.73. The van der Waals surface area contributed by atoms with Crippen LogP contribution in [0.2, 0.25) is 0 Å². The largest absolute Gasteiger partial charge is 0.504 e. The van der Waals surface area contributed by atoms with E-state index in [2.05, 4.69) is 10.2 Å². The van der Waals surface area contributed by atoms with Gasteiger partial charge in [-0.3, -0.25) is 19.9 Å². The number of thioether (sulfide) groups is 1. The minimum absolute atomic E-state index is 0.0226. The molecule has 7 aliphatic rings. The van der Waals surface area contributed by atoms with E-state index in [1.54, 1.807) is 12.1 Å². The van der Waals surface area contributed by atoms with Crippen LogP contribution in [0.1, 0.15) is 68.8 Å². The molecule has 7 atom stereocenters. The molecule has 4 N–H and O–H groups in total. The SMILES string of the molecule is COc1cc2c(cc1O)CCN[C@@]21CS[C@H]2c3c(OC(C)=O)c(C)c4c(c3[C@H](COC1=O)N1[C@@H]2C2c3c(cc(C)c(OC)c3O)CC([C@@H]1O)N2C)OCO4. The number of likely N-dealkylation sites (N-methyl/N-ethyl adjacent to an activating group) is 1. The van der Waals surface area contributed by atoms with Crippen LogP contribution < -0.4 is 29.0 Å². The lowest BCUT2D eigenvalue weighted by molar-refractivity contribution is -0.186. The molecule has 4 bridgehead atoms. The zero-order valence-electron chi connectivity index (χ0n) is 30.8. The zero-order chi connectivity index (χ0) is 38.0. The summed E-state index contributed by atoms with van der Waals surface area (Å²) in [5.74, 6) is 0.949. The molecular formula is C39H43N3O11S. The molecule has 0 aromatic heterocycles. The van der Waals surface area contributed by atoms with Gasteiger partial charge >= 0.3 is 11.9 Å². The lowest BCUT2D eigenvalue weighted by Crippen LogP contribution is -2.70. The van der Waals surface area contributed by atoms with Crippen molar-refractivity contribution in [1.82, 2.24) is 15.1 Å². The first-order valence-corrected chi connectivity index (χ1v) is 19.1. The number of carbonyl (C=O) groups is 2. The second kappa shape index (κ2) is 12.6. The molecule has 3 aromatic rings. The maximum atomic E-state index is 14.7. The third-order valence-corrected chi connectivity index (χ3v) is 13.7. The maximum Gasteiger partial charge on any atom is 0.331 e. The number of hydrogen-bond acceptors (Lipinski definition) is 15. The molecular weight excluding hydrogens is 719 g/mol. The van der Waals surface area contributed by atoms with Crippen LogP contribution in [-0.4, -0.2) is 102 Å². The van der Waals surface area contributed by atoms with Crippen LogP contribution in [0.3, 0.4) is 0 Å². The highest BCUT2D eigenvalue weighted by Gasteiger charge is 2.61. The smallest absolute Gasteiger partial charge is 0.331 e. The van der Waals surface area contributed by atoms with E-state index in [9.17, 15) is 24.9 Å². The highest BCUT2D eigenvalue weighted by atomic mass is 32.2. The molecule has 10 rings (SSSR count). The topological polar surface area (TPSA) is 169 Å². The van der Waals surface area contributed by atoms with Crippen molar-refractivity contribution in [3.05, 3.63) is 62.7 Å². The number of benzene rings is 3. The Morgan fingerprint density at radius 3 is 2.54 bits per heavy atom. The summed E-state index contributed by atoms with van der Waals surface area (Å²) >= 11 is 1.47. The molecule has 0 saturated carbocycles. The van der Waals surface area contributed by atoms with Crippen LogP contribution in [-0.2, 0) is 32.7 Å². The third-order valence-electron chi connectivity index (χ3n) is 12.3. The number of methoxy groups -OCH3 is 2. The van der Waals surface area contributed by atoms with Crippen molar-refractivity contribution in [3.63, 3.8) is 0 Å². The van der Waals surface area contributed by atoms with Gasteiger partial charge in [-0.15, -0.1) is 11.8 Å². The number of ether oxygens (including phenoxy) is 6. The van der Waals surface area contributed by atoms with Gasteiger partial charge in [-0.1, -0.05) is 6.07 Å². The molecule has 7 heterocycles. The standard InChI is InChI=1S/C39H43N3O11S/c1-16-9-20-10-22-37(46)42-23-13-50-38(47)39(21-12-25(48-5)24(44)11-19(21)7-8-40-39)14-54-36(30(42)29(41(22)4)26(20)31(45)32(16)49-6)28-27(23)35-34(51-15-52-35)17(2)33(28)53-18(3)43/h9,11-12,22-23,29-30,36-37,40,44-46H,7-8,10,13-15H2,1-6H3/t22?,23-,29?,30+,36-,37-,39-/m0/s1. The highest BCUT2D eigenvalue weighted by Crippen LogP contribution is 2.64. The predicted octanol–water partition coefficient (Wildman–Crippen LogP) is 3.41. The summed E-state index contributed by atoms with van der Waals surface area (Å²) in [6.45, 7) is 5.26. The van der Waals surface area contributed by atoms with E-state index >= 15 is 0 Å². The van der Waals surface area contributed by atoms with E-state index in [1.807, 2.05) is 31.9 Å². The molecule has 14 nitrogen and oxygen atoms in total. The van der Waals surface area contributed by atoms with Crippen LogP contribution in [0, 0.1) is 13.8 Å². The number of piperazine rings is 1. The Kier molecular flexibility index (Phi) is 8.21. The van der Waals surface area contributed by atoms with Crippen molar-refractivity contribution < 1.29 is 53.3 Å². The van der Waals surface area contributed by atoms with Crippen LogP contribution in [0.5, 0.6) is 40.2 Å². The average Bonchev–Trinajstić information content (AvgIpc) is 3.63. The van der Waals surface area contributed by atoms with Gasteiger partial charge in [0.05, 0.1) is 37.6 Å². The number of nitrogens with zero attached hydrogens (tertiary/aromatic N) is 2. The summed E-state index contributed by atoms with van der Waals surface area (Å²) in [6, 6.07) is 3.13. The first-order chi connectivity index (χ1) is 25.9. The Morgan fingerprint density at radius 1 is 1.02 bits per heavy atom. The molecule has 15 heteroatoms.